The van der Waals surface area contributed by atoms with Gasteiger partial charge in [0.1, 0.15) is 11.6 Å². The molecule has 0 aliphatic carbocycles. The quantitative estimate of drug-likeness (QED) is 0.806. The van der Waals surface area contributed by atoms with E-state index in [-0.39, 0.29) is 5.92 Å². The molecule has 0 saturated carbocycles. The van der Waals surface area contributed by atoms with Crippen LogP contribution in [-0.4, -0.2) is 11.6 Å². The van der Waals surface area contributed by atoms with Crippen LogP contribution in [-0.2, 0) is 0 Å². The van der Waals surface area contributed by atoms with Gasteiger partial charge in [-0.3, -0.25) is 0 Å². The van der Waals surface area contributed by atoms with Crippen LogP contribution in [0.15, 0.2) is 20.5 Å². The molecule has 0 N–H and O–H groups in total. The van der Waals surface area contributed by atoms with Gasteiger partial charge < -0.3 is 9.15 Å². The maximum absolute atomic E-state index is 5.47. The zero-order chi connectivity index (χ0) is 10.4. The van der Waals surface area contributed by atoms with E-state index < -0.39 is 0 Å². The molecule has 1 unspecified atom stereocenters. The summed E-state index contributed by atoms with van der Waals surface area (Å²) in [5.41, 5.74) is 2.15. The fourth-order valence-electron chi connectivity index (χ4n) is 1.70. The van der Waals surface area contributed by atoms with Crippen LogP contribution >= 0.6 is 27.3 Å². The Labute approximate surface area is 99.2 Å². The highest BCUT2D eigenvalue weighted by Gasteiger charge is 2.31. The molecule has 0 radical (unpaired) electrons. The third-order valence-corrected chi connectivity index (χ3v) is 3.85. The van der Waals surface area contributed by atoms with Crippen LogP contribution in [0.4, 0.5) is 0 Å². The van der Waals surface area contributed by atoms with E-state index in [0.29, 0.717) is 17.2 Å². The Hall–Kier alpha value is -0.810. The van der Waals surface area contributed by atoms with Crippen molar-refractivity contribution in [3.05, 3.63) is 32.4 Å². The van der Waals surface area contributed by atoms with Gasteiger partial charge in [-0.1, -0.05) is 0 Å². The number of nitrogens with zero attached hydrogens (tertiary/aromatic N) is 1. The third kappa shape index (κ3) is 1.50. The van der Waals surface area contributed by atoms with Crippen molar-refractivity contribution in [1.82, 2.24) is 4.98 Å². The molecule has 78 valence electrons. The SMILES string of the molecule is Cc1csc(C2COc3oc(Br)cc32)n1. The van der Waals surface area contributed by atoms with E-state index in [1.807, 2.05) is 13.0 Å². The van der Waals surface area contributed by atoms with Gasteiger partial charge in [-0.05, 0) is 28.9 Å². The van der Waals surface area contributed by atoms with Gasteiger partial charge in [0.05, 0.1) is 11.5 Å². The number of aromatic nitrogens is 1. The number of ether oxygens (including phenoxy) is 1. The fourth-order valence-corrected chi connectivity index (χ4v) is 2.99. The van der Waals surface area contributed by atoms with E-state index in [9.17, 15) is 0 Å². The van der Waals surface area contributed by atoms with E-state index >= 15 is 0 Å². The number of furan rings is 1. The molecule has 15 heavy (non-hydrogen) atoms. The maximum Gasteiger partial charge on any atom is 0.289 e. The molecular weight excluding hydrogens is 278 g/mol. The van der Waals surface area contributed by atoms with Crippen LogP contribution in [0, 0.1) is 6.92 Å². The summed E-state index contributed by atoms with van der Waals surface area (Å²) in [5, 5.41) is 3.15. The van der Waals surface area contributed by atoms with Crippen molar-refractivity contribution in [2.45, 2.75) is 12.8 Å². The number of aryl methyl sites for hydroxylation is 1. The first-order chi connectivity index (χ1) is 7.24. The second kappa shape index (κ2) is 3.35. The molecule has 3 nitrogen and oxygen atoms in total. The van der Waals surface area contributed by atoms with Gasteiger partial charge in [-0.2, -0.15) is 0 Å². The standard InChI is InChI=1S/C10H8BrNO2S/c1-5-4-15-9(12-5)7-3-13-10-6(7)2-8(11)14-10/h2,4,7H,3H2,1H3. The predicted molar refractivity (Wildman–Crippen MR) is 60.6 cm³/mol. The lowest BCUT2D eigenvalue weighted by Crippen LogP contribution is -2.02. The van der Waals surface area contributed by atoms with Gasteiger partial charge in [0.25, 0.3) is 5.95 Å². The first-order valence-corrected chi connectivity index (χ1v) is 6.25. The molecule has 2 aromatic rings. The fraction of sp³-hybridized carbons (Fsp3) is 0.300. The molecular formula is C10H8BrNO2S. The van der Waals surface area contributed by atoms with Crippen molar-refractivity contribution in [3.8, 4) is 5.95 Å². The van der Waals surface area contributed by atoms with Crippen molar-refractivity contribution in [2.75, 3.05) is 6.61 Å². The van der Waals surface area contributed by atoms with Crippen LogP contribution in [0.3, 0.4) is 0 Å². The number of hydrogen-bond donors (Lipinski definition) is 0. The normalized spacial score (nSPS) is 18.9. The highest BCUT2D eigenvalue weighted by atomic mass is 79.9. The largest absolute Gasteiger partial charge is 0.464 e. The molecule has 0 spiro atoms. The van der Waals surface area contributed by atoms with Crippen molar-refractivity contribution < 1.29 is 9.15 Å². The monoisotopic (exact) mass is 285 g/mol. The molecule has 5 heteroatoms. The molecule has 1 aliphatic heterocycles. The van der Waals surface area contributed by atoms with Crippen molar-refractivity contribution in [2.24, 2.45) is 0 Å². The number of halogens is 1. The number of fused-ring (bicyclic) bond motifs is 1. The topological polar surface area (TPSA) is 35.3 Å². The van der Waals surface area contributed by atoms with E-state index in [0.717, 1.165) is 16.3 Å². The minimum absolute atomic E-state index is 0.230. The Morgan fingerprint density at radius 2 is 2.47 bits per heavy atom. The van der Waals surface area contributed by atoms with E-state index in [1.54, 1.807) is 11.3 Å². The van der Waals surface area contributed by atoms with Crippen LogP contribution in [0.25, 0.3) is 0 Å². The zero-order valence-corrected chi connectivity index (χ0v) is 10.4. The maximum atomic E-state index is 5.47. The van der Waals surface area contributed by atoms with Gasteiger partial charge in [0.2, 0.25) is 0 Å². The summed E-state index contributed by atoms with van der Waals surface area (Å²) in [6.07, 6.45) is 0. The summed E-state index contributed by atoms with van der Waals surface area (Å²) < 4.78 is 11.5. The Morgan fingerprint density at radius 1 is 1.60 bits per heavy atom. The molecule has 0 saturated heterocycles. The first kappa shape index (κ1) is 9.42. The van der Waals surface area contributed by atoms with E-state index in [4.69, 9.17) is 9.15 Å². The Kier molecular flexibility index (Phi) is 2.10. The van der Waals surface area contributed by atoms with Crippen molar-refractivity contribution in [3.63, 3.8) is 0 Å². The molecule has 0 aromatic carbocycles. The predicted octanol–water partition coefficient (Wildman–Crippen LogP) is 3.33. The van der Waals surface area contributed by atoms with Crippen LogP contribution < -0.4 is 4.74 Å². The Morgan fingerprint density at radius 3 is 3.20 bits per heavy atom. The Balaban J connectivity index is 2.02. The number of thiazole rings is 1. The minimum Gasteiger partial charge on any atom is -0.464 e. The molecule has 2 aromatic heterocycles. The lowest BCUT2D eigenvalue weighted by Gasteiger charge is -2.01. The average molecular weight is 286 g/mol. The first-order valence-electron chi connectivity index (χ1n) is 4.58. The van der Waals surface area contributed by atoms with E-state index in [1.165, 1.54) is 0 Å². The third-order valence-electron chi connectivity index (χ3n) is 2.39. The number of rotatable bonds is 1. The zero-order valence-electron chi connectivity index (χ0n) is 7.99. The van der Waals surface area contributed by atoms with Gasteiger partial charge in [-0.25, -0.2) is 4.98 Å². The molecule has 0 fully saturated rings. The van der Waals surface area contributed by atoms with Crippen molar-refractivity contribution in [1.29, 1.82) is 0 Å². The van der Waals surface area contributed by atoms with Gasteiger partial charge >= 0.3 is 0 Å². The lowest BCUT2D eigenvalue weighted by molar-refractivity contribution is 0.262. The summed E-state index contributed by atoms with van der Waals surface area (Å²) in [7, 11) is 0. The summed E-state index contributed by atoms with van der Waals surface area (Å²) in [5.74, 6) is 0.855. The molecule has 0 bridgehead atoms. The molecule has 3 rings (SSSR count). The van der Waals surface area contributed by atoms with Crippen molar-refractivity contribution >= 4 is 27.3 Å². The summed E-state index contributed by atoms with van der Waals surface area (Å²) in [6.45, 7) is 2.64. The second-order valence-corrected chi connectivity index (χ2v) is 5.16. The molecule has 1 aliphatic rings. The number of hydrogen-bond acceptors (Lipinski definition) is 4. The lowest BCUT2D eigenvalue weighted by atomic mass is 10.1. The smallest absolute Gasteiger partial charge is 0.289 e. The summed E-state index contributed by atoms with van der Waals surface area (Å²) in [6, 6.07) is 1.96. The molecule has 0 amide bonds. The average Bonchev–Trinajstić information content (AvgIpc) is 2.80. The summed E-state index contributed by atoms with van der Waals surface area (Å²) >= 11 is 4.97. The highest BCUT2D eigenvalue weighted by molar-refractivity contribution is 9.10. The van der Waals surface area contributed by atoms with Crippen LogP contribution in [0.5, 0.6) is 5.95 Å². The van der Waals surface area contributed by atoms with Gasteiger partial charge in [-0.15, -0.1) is 11.3 Å². The van der Waals surface area contributed by atoms with E-state index in [2.05, 4.69) is 26.3 Å². The highest BCUT2D eigenvalue weighted by Crippen LogP contribution is 2.42. The molecule has 1 atom stereocenters. The van der Waals surface area contributed by atoms with Gasteiger partial charge in [0, 0.05) is 11.1 Å². The summed E-state index contributed by atoms with van der Waals surface area (Å²) in [4.78, 5) is 4.48. The Bertz CT molecular complexity index is 505. The molecule has 3 heterocycles. The van der Waals surface area contributed by atoms with Crippen LogP contribution in [0.1, 0.15) is 22.2 Å². The second-order valence-electron chi connectivity index (χ2n) is 3.48. The van der Waals surface area contributed by atoms with Crippen LogP contribution in [0.2, 0.25) is 0 Å². The minimum atomic E-state index is 0.230. The van der Waals surface area contributed by atoms with Gasteiger partial charge in [0.15, 0.2) is 4.67 Å².